The molecule has 0 radical (unpaired) electrons. The van der Waals surface area contributed by atoms with E-state index in [0.29, 0.717) is 13.2 Å². The summed E-state index contributed by atoms with van der Waals surface area (Å²) in [4.78, 5) is 0. The summed E-state index contributed by atoms with van der Waals surface area (Å²) in [6.07, 6.45) is 0.189. The van der Waals surface area contributed by atoms with Crippen LogP contribution in [0.1, 0.15) is 38.8 Å². The SMILES string of the molecule is COCCOc1ccc(C(C)(C)c2ccc(OC(C)C)cc2)cc1. The fraction of sp³-hybridized carbons (Fsp3) is 0.429. The zero-order valence-electron chi connectivity index (χ0n) is 15.3. The first kappa shape index (κ1) is 18.3. The molecule has 3 heteroatoms. The predicted molar refractivity (Wildman–Crippen MR) is 98.1 cm³/mol. The van der Waals surface area contributed by atoms with Gasteiger partial charge in [-0.2, -0.15) is 0 Å². The van der Waals surface area contributed by atoms with Gasteiger partial charge in [0.05, 0.1) is 12.7 Å². The van der Waals surface area contributed by atoms with Crippen LogP contribution in [0.4, 0.5) is 0 Å². The van der Waals surface area contributed by atoms with Gasteiger partial charge in [0.2, 0.25) is 0 Å². The average Bonchev–Trinajstić information content (AvgIpc) is 2.55. The van der Waals surface area contributed by atoms with Gasteiger partial charge in [-0.1, -0.05) is 38.1 Å². The maximum absolute atomic E-state index is 5.72. The van der Waals surface area contributed by atoms with Crippen LogP contribution >= 0.6 is 0 Å². The Morgan fingerprint density at radius 3 is 1.75 bits per heavy atom. The van der Waals surface area contributed by atoms with Gasteiger partial charge in [-0.3, -0.25) is 0 Å². The molecule has 0 N–H and O–H groups in total. The minimum absolute atomic E-state index is 0.0819. The molecule has 0 heterocycles. The molecule has 0 spiro atoms. The van der Waals surface area contributed by atoms with Gasteiger partial charge in [-0.25, -0.2) is 0 Å². The van der Waals surface area contributed by atoms with Gasteiger partial charge in [0, 0.05) is 12.5 Å². The molecular weight excluding hydrogens is 300 g/mol. The van der Waals surface area contributed by atoms with Gasteiger partial charge in [-0.05, 0) is 49.2 Å². The van der Waals surface area contributed by atoms with Crippen molar-refractivity contribution in [3.05, 3.63) is 59.7 Å². The molecule has 2 aromatic carbocycles. The highest BCUT2D eigenvalue weighted by molar-refractivity contribution is 5.41. The molecule has 0 aliphatic heterocycles. The fourth-order valence-electron chi connectivity index (χ4n) is 2.60. The van der Waals surface area contributed by atoms with Gasteiger partial charge in [0.1, 0.15) is 18.1 Å². The lowest BCUT2D eigenvalue weighted by Gasteiger charge is -2.26. The van der Waals surface area contributed by atoms with Gasteiger partial charge >= 0.3 is 0 Å². The highest BCUT2D eigenvalue weighted by atomic mass is 16.5. The Hall–Kier alpha value is -2.00. The van der Waals surface area contributed by atoms with Gasteiger partial charge in [0.15, 0.2) is 0 Å². The monoisotopic (exact) mass is 328 g/mol. The normalized spacial score (nSPS) is 11.6. The first-order valence-electron chi connectivity index (χ1n) is 8.43. The summed E-state index contributed by atoms with van der Waals surface area (Å²) < 4.78 is 16.4. The Morgan fingerprint density at radius 1 is 0.792 bits per heavy atom. The molecule has 2 rings (SSSR count). The Morgan fingerprint density at radius 2 is 1.29 bits per heavy atom. The topological polar surface area (TPSA) is 27.7 Å². The van der Waals surface area contributed by atoms with Gasteiger partial charge in [-0.15, -0.1) is 0 Å². The lowest BCUT2D eigenvalue weighted by Crippen LogP contribution is -2.18. The first-order valence-corrected chi connectivity index (χ1v) is 8.43. The number of hydrogen-bond donors (Lipinski definition) is 0. The largest absolute Gasteiger partial charge is 0.491 e. The fourth-order valence-corrected chi connectivity index (χ4v) is 2.60. The molecule has 0 aliphatic rings. The van der Waals surface area contributed by atoms with Crippen LogP contribution in [0.25, 0.3) is 0 Å². The van der Waals surface area contributed by atoms with Crippen molar-refractivity contribution in [1.82, 2.24) is 0 Å². The molecule has 130 valence electrons. The van der Waals surface area contributed by atoms with Gasteiger partial charge in [0.25, 0.3) is 0 Å². The molecule has 0 aliphatic carbocycles. The number of methoxy groups -OCH3 is 1. The summed E-state index contributed by atoms with van der Waals surface area (Å²) in [5.74, 6) is 1.78. The maximum atomic E-state index is 5.72. The summed E-state index contributed by atoms with van der Waals surface area (Å²) in [7, 11) is 1.67. The highest BCUT2D eigenvalue weighted by Crippen LogP contribution is 2.33. The van der Waals surface area contributed by atoms with E-state index in [1.807, 2.05) is 38.1 Å². The van der Waals surface area contributed by atoms with E-state index >= 15 is 0 Å². The second-order valence-corrected chi connectivity index (χ2v) is 6.68. The molecule has 0 bridgehead atoms. The van der Waals surface area contributed by atoms with E-state index in [9.17, 15) is 0 Å². The minimum Gasteiger partial charge on any atom is -0.491 e. The minimum atomic E-state index is -0.0819. The predicted octanol–water partition coefficient (Wildman–Crippen LogP) is 4.82. The number of rotatable bonds is 8. The summed E-state index contributed by atoms with van der Waals surface area (Å²) >= 11 is 0. The molecule has 0 fully saturated rings. The second kappa shape index (κ2) is 8.20. The van der Waals surface area contributed by atoms with Crippen LogP contribution in [0, 0.1) is 0 Å². The molecule has 2 aromatic rings. The summed E-state index contributed by atoms with van der Waals surface area (Å²) in [5, 5.41) is 0. The third-order valence-corrected chi connectivity index (χ3v) is 4.08. The molecule has 0 saturated carbocycles. The molecule has 0 amide bonds. The second-order valence-electron chi connectivity index (χ2n) is 6.68. The van der Waals surface area contributed by atoms with Crippen molar-refractivity contribution in [1.29, 1.82) is 0 Å². The summed E-state index contributed by atoms with van der Waals surface area (Å²) in [5.41, 5.74) is 2.42. The van der Waals surface area contributed by atoms with Crippen molar-refractivity contribution in [2.45, 2.75) is 39.2 Å². The summed E-state index contributed by atoms with van der Waals surface area (Å²) in [6.45, 7) is 9.69. The Balaban J connectivity index is 2.11. The zero-order chi connectivity index (χ0) is 17.6. The van der Waals surface area contributed by atoms with Crippen LogP contribution in [0.5, 0.6) is 11.5 Å². The Bertz CT molecular complexity index is 613. The van der Waals surface area contributed by atoms with Gasteiger partial charge < -0.3 is 14.2 Å². The molecule has 24 heavy (non-hydrogen) atoms. The van der Waals surface area contributed by atoms with E-state index in [1.165, 1.54) is 11.1 Å². The number of hydrogen-bond acceptors (Lipinski definition) is 3. The van der Waals surface area contributed by atoms with Crippen molar-refractivity contribution in [3.8, 4) is 11.5 Å². The Labute approximate surface area is 145 Å². The van der Waals surface area contributed by atoms with Crippen LogP contribution in [0.2, 0.25) is 0 Å². The lowest BCUT2D eigenvalue weighted by molar-refractivity contribution is 0.146. The molecule has 0 aromatic heterocycles. The first-order chi connectivity index (χ1) is 11.4. The van der Waals surface area contributed by atoms with Crippen LogP contribution in [0.3, 0.4) is 0 Å². The molecule has 0 atom stereocenters. The van der Waals surface area contributed by atoms with Crippen LogP contribution in [0.15, 0.2) is 48.5 Å². The quantitative estimate of drug-likeness (QED) is 0.650. The van der Waals surface area contributed by atoms with E-state index in [4.69, 9.17) is 14.2 Å². The van der Waals surface area contributed by atoms with E-state index < -0.39 is 0 Å². The van der Waals surface area contributed by atoms with Crippen LogP contribution in [-0.4, -0.2) is 26.4 Å². The van der Waals surface area contributed by atoms with Crippen molar-refractivity contribution < 1.29 is 14.2 Å². The molecular formula is C21H28O3. The van der Waals surface area contributed by atoms with Crippen molar-refractivity contribution in [3.63, 3.8) is 0 Å². The average molecular weight is 328 g/mol. The smallest absolute Gasteiger partial charge is 0.119 e. The number of ether oxygens (including phenoxy) is 3. The number of benzene rings is 2. The standard InChI is InChI=1S/C21H28O3/c1-16(2)24-20-12-8-18(9-13-20)21(3,4)17-6-10-19(11-7-17)23-15-14-22-5/h6-13,16H,14-15H2,1-5H3. The lowest BCUT2D eigenvalue weighted by atomic mass is 9.78. The highest BCUT2D eigenvalue weighted by Gasteiger charge is 2.23. The van der Waals surface area contributed by atoms with Crippen LogP contribution < -0.4 is 9.47 Å². The van der Waals surface area contributed by atoms with Crippen LogP contribution in [-0.2, 0) is 10.2 Å². The summed E-state index contributed by atoms with van der Waals surface area (Å²) in [6, 6.07) is 16.6. The van der Waals surface area contributed by atoms with E-state index in [0.717, 1.165) is 11.5 Å². The van der Waals surface area contributed by atoms with Crippen molar-refractivity contribution in [2.75, 3.05) is 20.3 Å². The maximum Gasteiger partial charge on any atom is 0.119 e. The van der Waals surface area contributed by atoms with E-state index in [2.05, 4.69) is 38.1 Å². The van der Waals surface area contributed by atoms with Crippen molar-refractivity contribution in [2.24, 2.45) is 0 Å². The van der Waals surface area contributed by atoms with Crippen molar-refractivity contribution >= 4 is 0 Å². The Kier molecular flexibility index (Phi) is 6.27. The molecule has 0 unspecified atom stereocenters. The molecule has 0 saturated heterocycles. The zero-order valence-corrected chi connectivity index (χ0v) is 15.3. The third kappa shape index (κ3) is 4.75. The third-order valence-electron chi connectivity index (χ3n) is 4.08. The van der Waals surface area contributed by atoms with E-state index in [1.54, 1.807) is 7.11 Å². The van der Waals surface area contributed by atoms with E-state index in [-0.39, 0.29) is 11.5 Å². The molecule has 3 nitrogen and oxygen atoms in total.